The first kappa shape index (κ1) is 38.7. The fourth-order valence-electron chi connectivity index (χ4n) is 7.62. The van der Waals surface area contributed by atoms with Crippen LogP contribution in [0.1, 0.15) is 117 Å². The van der Waals surface area contributed by atoms with Gasteiger partial charge in [-0.2, -0.15) is 0 Å². The molecule has 0 aliphatic carbocycles. The van der Waals surface area contributed by atoms with E-state index in [-0.39, 0.29) is 29.3 Å². The predicted molar refractivity (Wildman–Crippen MR) is 231 cm³/mol. The molecule has 0 fully saturated rings. The molecule has 3 nitrogen and oxygen atoms in total. The van der Waals surface area contributed by atoms with E-state index in [1.165, 1.54) is 56.7 Å². The summed E-state index contributed by atoms with van der Waals surface area (Å²) in [6.45, 7) is 18.3. The summed E-state index contributed by atoms with van der Waals surface area (Å²) in [6, 6.07) is 49.5. The van der Waals surface area contributed by atoms with Gasteiger partial charge in [-0.25, -0.2) is 0 Å². The fraction of sp³-hybridized carbons (Fsp3) is 0.192. The van der Waals surface area contributed by atoms with Gasteiger partial charge in [-0.3, -0.25) is 9.59 Å². The summed E-state index contributed by atoms with van der Waals surface area (Å²) in [4.78, 5) is 27.0. The van der Waals surface area contributed by atoms with Gasteiger partial charge in [0.15, 0.2) is 11.6 Å². The van der Waals surface area contributed by atoms with Crippen LogP contribution in [0, 0.1) is 13.8 Å². The van der Waals surface area contributed by atoms with E-state index in [4.69, 9.17) is 0 Å². The van der Waals surface area contributed by atoms with Crippen molar-refractivity contribution < 1.29 is 9.59 Å². The quantitative estimate of drug-likeness (QED) is 0.0782. The second-order valence-electron chi connectivity index (χ2n) is 14.6. The van der Waals surface area contributed by atoms with E-state index in [2.05, 4.69) is 168 Å². The van der Waals surface area contributed by atoms with Crippen LogP contribution in [0.4, 0.5) is 17.1 Å². The Hall–Kier alpha value is -6.06. The molecule has 3 atom stereocenters. The van der Waals surface area contributed by atoms with Crippen molar-refractivity contribution >= 4 is 28.6 Å². The second-order valence-corrected chi connectivity index (χ2v) is 14.6. The molecular formula is C52H51NO2. The van der Waals surface area contributed by atoms with Gasteiger partial charge < -0.3 is 4.90 Å². The third-order valence-electron chi connectivity index (χ3n) is 10.9. The number of allylic oxidation sites excluding steroid dienone is 2. The maximum absolute atomic E-state index is 12.3. The summed E-state index contributed by atoms with van der Waals surface area (Å²) in [6.07, 6.45) is 4.54. The highest BCUT2D eigenvalue weighted by atomic mass is 16.1. The lowest BCUT2D eigenvalue weighted by molar-refractivity contribution is 0.103. The number of nitrogens with zero attached hydrogens (tertiary/aromatic N) is 1. The predicted octanol–water partition coefficient (Wildman–Crippen LogP) is 13.7. The zero-order valence-corrected chi connectivity index (χ0v) is 32.8. The zero-order valence-electron chi connectivity index (χ0n) is 32.8. The molecule has 3 heteroatoms. The van der Waals surface area contributed by atoms with Crippen LogP contribution in [0.25, 0.3) is 0 Å². The van der Waals surface area contributed by atoms with Crippen LogP contribution in [-0.4, -0.2) is 11.6 Å². The molecule has 0 saturated heterocycles. The van der Waals surface area contributed by atoms with E-state index in [0.717, 1.165) is 29.9 Å². The van der Waals surface area contributed by atoms with Crippen LogP contribution in [0.2, 0.25) is 0 Å². The number of aryl methyl sites for hydroxylation is 2. The average Bonchev–Trinajstić information content (AvgIpc) is 3.22. The molecule has 0 aliphatic rings. The van der Waals surface area contributed by atoms with Crippen LogP contribution in [0.5, 0.6) is 0 Å². The number of hydrogen-bond donors (Lipinski definition) is 0. The summed E-state index contributed by atoms with van der Waals surface area (Å²) >= 11 is 0. The van der Waals surface area contributed by atoms with Gasteiger partial charge in [-0.1, -0.05) is 148 Å². The van der Waals surface area contributed by atoms with Gasteiger partial charge in [-0.15, -0.1) is 0 Å². The molecule has 0 N–H and O–H groups in total. The first-order valence-corrected chi connectivity index (χ1v) is 19.4. The highest BCUT2D eigenvalue weighted by Crippen LogP contribution is 2.39. The number of ketones is 2. The lowest BCUT2D eigenvalue weighted by Crippen LogP contribution is -2.10. The summed E-state index contributed by atoms with van der Waals surface area (Å²) < 4.78 is 0. The Balaban J connectivity index is 1.41. The van der Waals surface area contributed by atoms with Gasteiger partial charge >= 0.3 is 0 Å². The zero-order chi connectivity index (χ0) is 39.1. The SMILES string of the molecule is C=CC(=O)c1ccc(C(CC)c2cc(C(C)c3ccc(N(c4ccc(C)cc4)c4ccc(C)cc4)cc3)cc(C(CC)c3ccc(C(=O)C=C)cc3)c2)cc1. The Morgan fingerprint density at radius 3 is 1.16 bits per heavy atom. The summed E-state index contributed by atoms with van der Waals surface area (Å²) in [5.74, 6) is 0.259. The maximum atomic E-state index is 12.3. The van der Waals surface area contributed by atoms with Gasteiger partial charge in [0.25, 0.3) is 0 Å². The number of carbonyl (C=O) groups is 2. The highest BCUT2D eigenvalue weighted by Gasteiger charge is 2.22. The largest absolute Gasteiger partial charge is 0.311 e. The third-order valence-corrected chi connectivity index (χ3v) is 10.9. The molecular weight excluding hydrogens is 671 g/mol. The number of hydrogen-bond acceptors (Lipinski definition) is 3. The molecule has 3 unspecified atom stereocenters. The van der Waals surface area contributed by atoms with Crippen molar-refractivity contribution in [1.82, 2.24) is 0 Å². The average molecular weight is 722 g/mol. The van der Waals surface area contributed by atoms with Gasteiger partial charge in [-0.05, 0) is 109 Å². The molecule has 0 radical (unpaired) electrons. The Kier molecular flexibility index (Phi) is 12.2. The Labute approximate surface area is 327 Å². The highest BCUT2D eigenvalue weighted by molar-refractivity contribution is 6.04. The van der Waals surface area contributed by atoms with Crippen molar-refractivity contribution in [3.63, 3.8) is 0 Å². The molecule has 6 rings (SSSR count). The lowest BCUT2D eigenvalue weighted by Gasteiger charge is -2.27. The molecule has 0 spiro atoms. The number of benzene rings is 6. The molecule has 0 saturated carbocycles. The molecule has 0 bridgehead atoms. The van der Waals surface area contributed by atoms with Crippen LogP contribution in [0.3, 0.4) is 0 Å². The Bertz CT molecular complexity index is 2130. The third kappa shape index (κ3) is 8.68. The smallest absolute Gasteiger partial charge is 0.185 e. The number of carbonyl (C=O) groups excluding carboxylic acids is 2. The van der Waals surface area contributed by atoms with Crippen molar-refractivity contribution in [1.29, 1.82) is 0 Å². The van der Waals surface area contributed by atoms with Gasteiger partial charge in [0.1, 0.15) is 0 Å². The van der Waals surface area contributed by atoms with E-state index in [1.54, 1.807) is 0 Å². The summed E-state index contributed by atoms with van der Waals surface area (Å²) in [5, 5.41) is 0. The molecule has 6 aromatic carbocycles. The molecule has 55 heavy (non-hydrogen) atoms. The molecule has 0 heterocycles. The van der Waals surface area contributed by atoms with E-state index >= 15 is 0 Å². The normalized spacial score (nSPS) is 12.7. The molecule has 276 valence electrons. The summed E-state index contributed by atoms with van der Waals surface area (Å²) in [7, 11) is 0. The monoisotopic (exact) mass is 721 g/mol. The van der Waals surface area contributed by atoms with E-state index in [0.29, 0.717) is 11.1 Å². The van der Waals surface area contributed by atoms with Crippen LogP contribution in [-0.2, 0) is 0 Å². The first-order chi connectivity index (χ1) is 26.6. The molecule has 6 aromatic rings. The van der Waals surface area contributed by atoms with Crippen molar-refractivity contribution in [2.75, 3.05) is 4.90 Å². The van der Waals surface area contributed by atoms with Gasteiger partial charge in [0.05, 0.1) is 0 Å². The molecule has 0 aliphatic heterocycles. The Morgan fingerprint density at radius 2 is 0.818 bits per heavy atom. The minimum atomic E-state index is -0.0730. The molecule has 0 aromatic heterocycles. The standard InChI is InChI=1S/C52H51NO2/c1-8-49(39-16-20-41(21-17-39)51(54)10-3)44-32-43(33-45(34-44)50(9-2)40-18-22-42(23-19-40)52(55)11-4)37(7)38-24-30-48(31-25-38)53(46-26-12-35(5)13-27-46)47-28-14-36(6)15-29-47/h10-34,37,49-50H,3-4,8-9H2,1-2,5-7H3. The maximum Gasteiger partial charge on any atom is 0.185 e. The lowest BCUT2D eigenvalue weighted by atomic mass is 9.80. The van der Waals surface area contributed by atoms with Crippen LogP contribution < -0.4 is 4.90 Å². The van der Waals surface area contributed by atoms with Crippen LogP contribution >= 0.6 is 0 Å². The van der Waals surface area contributed by atoms with Gasteiger partial charge in [0, 0.05) is 45.9 Å². The van der Waals surface area contributed by atoms with E-state index < -0.39 is 0 Å². The van der Waals surface area contributed by atoms with E-state index in [1.807, 2.05) is 24.3 Å². The summed E-state index contributed by atoms with van der Waals surface area (Å²) in [5.41, 5.74) is 14.4. The van der Waals surface area contributed by atoms with Gasteiger partial charge in [0.2, 0.25) is 0 Å². The fourth-order valence-corrected chi connectivity index (χ4v) is 7.62. The van der Waals surface area contributed by atoms with Crippen molar-refractivity contribution in [3.8, 4) is 0 Å². The minimum Gasteiger partial charge on any atom is -0.311 e. The van der Waals surface area contributed by atoms with Crippen molar-refractivity contribution in [3.05, 3.63) is 220 Å². The first-order valence-electron chi connectivity index (χ1n) is 19.4. The second kappa shape index (κ2) is 17.4. The van der Waals surface area contributed by atoms with Crippen molar-refractivity contribution in [2.24, 2.45) is 0 Å². The van der Waals surface area contributed by atoms with Crippen molar-refractivity contribution in [2.45, 2.75) is 65.2 Å². The van der Waals surface area contributed by atoms with E-state index in [9.17, 15) is 9.59 Å². The topological polar surface area (TPSA) is 37.4 Å². The van der Waals surface area contributed by atoms with Crippen LogP contribution in [0.15, 0.2) is 165 Å². The molecule has 0 amide bonds. The Morgan fingerprint density at radius 1 is 0.491 bits per heavy atom. The number of rotatable bonds is 15. The number of anilines is 3. The minimum absolute atomic E-state index is 0.0730.